The van der Waals surface area contributed by atoms with Gasteiger partial charge >= 0.3 is 0 Å². The largest absolute Gasteiger partial charge is 0.497 e. The maximum Gasteiger partial charge on any atom is 0.278 e. The van der Waals surface area contributed by atoms with Crippen molar-refractivity contribution in [2.24, 2.45) is 0 Å². The van der Waals surface area contributed by atoms with E-state index in [1.807, 2.05) is 30.5 Å². The molecule has 9 nitrogen and oxygen atoms in total. The Morgan fingerprint density at radius 3 is 2.67 bits per heavy atom. The van der Waals surface area contributed by atoms with Gasteiger partial charge in [0.1, 0.15) is 5.75 Å². The standard InChI is InChI=1S/C18H19N5O4S3/c1-27-13-5-3-11(4-6-13)15-9-14(16(24)19-17-20-21-18(28-2)29-17)22-23(15)12-7-8-30(25,26)10-12/h3-6,9,12H,7-8,10H2,1-2H3,(H,19,20,24)/t12-/m1/s1. The minimum Gasteiger partial charge on any atom is -0.497 e. The molecular formula is C18H19N5O4S3. The van der Waals surface area contributed by atoms with E-state index in [9.17, 15) is 13.2 Å². The van der Waals surface area contributed by atoms with Gasteiger partial charge in [0.25, 0.3) is 5.91 Å². The molecule has 0 saturated carbocycles. The SMILES string of the molecule is COc1ccc(-c2cc(C(=O)Nc3nnc(SC)s3)nn2[C@@H]2CCS(=O)(=O)C2)cc1. The van der Waals surface area contributed by atoms with Gasteiger partial charge in [-0.2, -0.15) is 5.10 Å². The van der Waals surface area contributed by atoms with Crippen LogP contribution < -0.4 is 10.1 Å². The van der Waals surface area contributed by atoms with E-state index in [4.69, 9.17) is 4.74 Å². The zero-order valence-electron chi connectivity index (χ0n) is 16.2. The predicted octanol–water partition coefficient (Wildman–Crippen LogP) is 2.74. The molecule has 1 amide bonds. The first kappa shape index (κ1) is 20.8. The van der Waals surface area contributed by atoms with Crippen LogP contribution in [0.4, 0.5) is 5.13 Å². The van der Waals surface area contributed by atoms with Crippen LogP contribution in [0.5, 0.6) is 5.75 Å². The summed E-state index contributed by atoms with van der Waals surface area (Å²) in [5, 5.41) is 15.5. The molecule has 1 aliphatic heterocycles. The van der Waals surface area contributed by atoms with Crippen LogP contribution >= 0.6 is 23.1 Å². The Morgan fingerprint density at radius 2 is 2.07 bits per heavy atom. The highest BCUT2D eigenvalue weighted by atomic mass is 32.2. The van der Waals surface area contributed by atoms with Gasteiger partial charge in [0.05, 0.1) is 30.4 Å². The van der Waals surface area contributed by atoms with Crippen molar-refractivity contribution < 1.29 is 17.9 Å². The van der Waals surface area contributed by atoms with Crippen LogP contribution in [-0.4, -0.2) is 59.2 Å². The third kappa shape index (κ3) is 4.35. The molecule has 0 bridgehead atoms. The first-order valence-corrected chi connectivity index (χ1v) is 12.9. The summed E-state index contributed by atoms with van der Waals surface area (Å²) in [4.78, 5) is 12.8. The third-order valence-corrected chi connectivity index (χ3v) is 8.27. The van der Waals surface area contributed by atoms with Crippen molar-refractivity contribution in [2.45, 2.75) is 16.8 Å². The molecule has 1 N–H and O–H groups in total. The van der Waals surface area contributed by atoms with Crippen molar-refractivity contribution in [3.05, 3.63) is 36.0 Å². The van der Waals surface area contributed by atoms with Crippen molar-refractivity contribution in [1.82, 2.24) is 20.0 Å². The summed E-state index contributed by atoms with van der Waals surface area (Å²) in [5.74, 6) is 0.399. The highest BCUT2D eigenvalue weighted by molar-refractivity contribution is 8.00. The van der Waals surface area contributed by atoms with Crippen LogP contribution in [0.25, 0.3) is 11.3 Å². The number of aromatic nitrogens is 4. The molecule has 3 heterocycles. The molecule has 0 radical (unpaired) electrons. The molecule has 1 aromatic carbocycles. The molecule has 0 unspecified atom stereocenters. The van der Waals surface area contributed by atoms with Gasteiger partial charge in [0, 0.05) is 5.56 Å². The fraction of sp³-hybridized carbons (Fsp3) is 0.333. The van der Waals surface area contributed by atoms with Gasteiger partial charge in [-0.25, -0.2) is 8.42 Å². The maximum atomic E-state index is 12.8. The fourth-order valence-corrected chi connectivity index (χ4v) is 6.09. The Bertz CT molecular complexity index is 1170. The second kappa shape index (κ2) is 8.36. The second-order valence-electron chi connectivity index (χ2n) is 6.68. The van der Waals surface area contributed by atoms with Crippen LogP contribution in [-0.2, 0) is 9.84 Å². The first-order valence-electron chi connectivity index (χ1n) is 9.02. The minimum atomic E-state index is -3.11. The number of sulfone groups is 1. The minimum absolute atomic E-state index is 0.00633. The summed E-state index contributed by atoms with van der Waals surface area (Å²) in [7, 11) is -1.53. The number of nitrogens with zero attached hydrogens (tertiary/aromatic N) is 4. The number of benzene rings is 1. The summed E-state index contributed by atoms with van der Waals surface area (Å²) >= 11 is 2.72. The molecule has 1 aliphatic rings. The van der Waals surface area contributed by atoms with E-state index in [-0.39, 0.29) is 23.2 Å². The highest BCUT2D eigenvalue weighted by Gasteiger charge is 2.32. The average Bonchev–Trinajstić information content (AvgIpc) is 3.46. The summed E-state index contributed by atoms with van der Waals surface area (Å²) in [5.41, 5.74) is 1.67. The van der Waals surface area contributed by atoms with Crippen molar-refractivity contribution in [3.63, 3.8) is 0 Å². The van der Waals surface area contributed by atoms with Crippen molar-refractivity contribution in [3.8, 4) is 17.0 Å². The quantitative estimate of drug-likeness (QED) is 0.436. The number of carbonyl (C=O) groups is 1. The Labute approximate surface area is 181 Å². The lowest BCUT2D eigenvalue weighted by Gasteiger charge is -2.13. The lowest BCUT2D eigenvalue weighted by atomic mass is 10.1. The zero-order chi connectivity index (χ0) is 21.3. The molecule has 0 spiro atoms. The third-order valence-electron chi connectivity index (χ3n) is 4.71. The Morgan fingerprint density at radius 1 is 1.30 bits per heavy atom. The number of hydrogen-bond donors (Lipinski definition) is 1. The predicted molar refractivity (Wildman–Crippen MR) is 116 cm³/mol. The lowest BCUT2D eigenvalue weighted by Crippen LogP contribution is -2.16. The number of methoxy groups -OCH3 is 1. The number of amides is 1. The summed E-state index contributed by atoms with van der Waals surface area (Å²) in [6.45, 7) is 0. The molecule has 2 aromatic heterocycles. The van der Waals surface area contributed by atoms with E-state index >= 15 is 0 Å². The number of anilines is 1. The molecule has 12 heteroatoms. The zero-order valence-corrected chi connectivity index (χ0v) is 18.7. The van der Waals surface area contributed by atoms with Crippen LogP contribution in [0.3, 0.4) is 0 Å². The maximum absolute atomic E-state index is 12.8. The average molecular weight is 466 g/mol. The molecule has 0 aliphatic carbocycles. The monoisotopic (exact) mass is 465 g/mol. The Balaban J connectivity index is 1.68. The molecule has 1 fully saturated rings. The van der Waals surface area contributed by atoms with Gasteiger partial charge in [-0.1, -0.05) is 23.1 Å². The van der Waals surface area contributed by atoms with Gasteiger partial charge in [-0.15, -0.1) is 10.2 Å². The number of hydrogen-bond acceptors (Lipinski definition) is 9. The van der Waals surface area contributed by atoms with Gasteiger partial charge in [0.15, 0.2) is 19.9 Å². The number of ether oxygens (including phenoxy) is 1. The van der Waals surface area contributed by atoms with Crippen LogP contribution in [0.15, 0.2) is 34.7 Å². The molecular weight excluding hydrogens is 446 g/mol. The van der Waals surface area contributed by atoms with Gasteiger partial charge in [-0.05, 0) is 43.0 Å². The Hall–Kier alpha value is -2.44. The molecule has 158 valence electrons. The molecule has 4 rings (SSSR count). The van der Waals surface area contributed by atoms with E-state index in [1.54, 1.807) is 17.9 Å². The highest BCUT2D eigenvalue weighted by Crippen LogP contribution is 2.31. The van der Waals surface area contributed by atoms with Crippen molar-refractivity contribution >= 4 is 44.0 Å². The number of rotatable bonds is 6. The van der Waals surface area contributed by atoms with Gasteiger partial charge in [-0.3, -0.25) is 14.8 Å². The van der Waals surface area contributed by atoms with E-state index in [2.05, 4.69) is 20.6 Å². The topological polar surface area (TPSA) is 116 Å². The van der Waals surface area contributed by atoms with Gasteiger partial charge in [0.2, 0.25) is 5.13 Å². The van der Waals surface area contributed by atoms with Crippen molar-refractivity contribution in [1.29, 1.82) is 0 Å². The van der Waals surface area contributed by atoms with Gasteiger partial charge < -0.3 is 4.74 Å². The number of thioether (sulfide) groups is 1. The summed E-state index contributed by atoms with van der Waals surface area (Å²) < 4.78 is 31.6. The molecule has 1 saturated heterocycles. The molecule has 3 aromatic rings. The smallest absolute Gasteiger partial charge is 0.278 e. The molecule has 30 heavy (non-hydrogen) atoms. The lowest BCUT2D eigenvalue weighted by molar-refractivity contribution is 0.102. The Kier molecular flexibility index (Phi) is 5.80. The van der Waals surface area contributed by atoms with E-state index < -0.39 is 15.7 Å². The van der Waals surface area contributed by atoms with E-state index in [0.29, 0.717) is 23.0 Å². The van der Waals surface area contributed by atoms with Crippen LogP contribution in [0.1, 0.15) is 23.0 Å². The van der Waals surface area contributed by atoms with E-state index in [0.717, 1.165) is 9.90 Å². The van der Waals surface area contributed by atoms with Crippen LogP contribution in [0, 0.1) is 0 Å². The molecule has 1 atom stereocenters. The number of nitrogens with one attached hydrogen (secondary N) is 1. The summed E-state index contributed by atoms with van der Waals surface area (Å²) in [6.07, 6.45) is 2.34. The normalized spacial score (nSPS) is 17.7. The second-order valence-corrected chi connectivity index (χ2v) is 10.9. The van der Waals surface area contributed by atoms with E-state index in [1.165, 1.54) is 23.1 Å². The van der Waals surface area contributed by atoms with Crippen LogP contribution in [0.2, 0.25) is 0 Å². The first-order chi connectivity index (χ1) is 14.4. The fourth-order valence-electron chi connectivity index (χ4n) is 3.23. The summed E-state index contributed by atoms with van der Waals surface area (Å²) in [6, 6.07) is 8.67. The van der Waals surface area contributed by atoms with Crippen molar-refractivity contribution in [2.75, 3.05) is 30.2 Å². The number of carbonyl (C=O) groups excluding carboxylic acids is 1.